The normalized spacial score (nSPS) is 30.5. The summed E-state index contributed by atoms with van der Waals surface area (Å²) in [6, 6.07) is 22.5. The number of allylic oxidation sites excluding steroid dienone is 1. The van der Waals surface area contributed by atoms with E-state index in [-0.39, 0.29) is 17.7 Å². The first-order chi connectivity index (χ1) is 18.0. The molecule has 5 atom stereocenters. The molecule has 3 aliphatic rings. The fourth-order valence-electron chi connectivity index (χ4n) is 6.63. The third-order valence-electron chi connectivity index (χ3n) is 8.61. The first-order valence-electron chi connectivity index (χ1n) is 12.9. The quantitative estimate of drug-likeness (QED) is 0.329. The fraction of sp³-hybridized carbons (Fsp3) is 0.355. The van der Waals surface area contributed by atoms with Gasteiger partial charge in [-0.05, 0) is 53.8 Å². The number of hydrogen-bond acceptors (Lipinski definition) is 5. The van der Waals surface area contributed by atoms with Crippen molar-refractivity contribution in [3.63, 3.8) is 0 Å². The third kappa shape index (κ3) is 3.77. The molecule has 37 heavy (non-hydrogen) atoms. The van der Waals surface area contributed by atoms with Gasteiger partial charge in [0, 0.05) is 16.9 Å². The lowest BCUT2D eigenvalue weighted by atomic mass is 9.66. The highest BCUT2D eigenvalue weighted by Gasteiger charge is 2.68. The molecule has 6 heteroatoms. The van der Waals surface area contributed by atoms with Crippen molar-refractivity contribution in [2.45, 2.75) is 50.6 Å². The first-order valence-corrected chi connectivity index (χ1v) is 13.8. The number of rotatable bonds is 7. The van der Waals surface area contributed by atoms with Gasteiger partial charge in [0.1, 0.15) is 5.75 Å². The van der Waals surface area contributed by atoms with Gasteiger partial charge in [-0.1, -0.05) is 61.5 Å². The predicted octanol–water partition coefficient (Wildman–Crippen LogP) is 6.74. The number of carbonyl (C=O) groups excluding carboxylic acids is 1. The summed E-state index contributed by atoms with van der Waals surface area (Å²) < 4.78 is 12.3. The van der Waals surface area contributed by atoms with Crippen LogP contribution >= 0.6 is 11.3 Å². The lowest BCUT2D eigenvalue weighted by molar-refractivity contribution is -0.152. The number of carbonyl (C=O) groups is 1. The standard InChI is InChI=1S/C31H32N2O3S/c1-4-16-30-20-31(33(29(30)34)19-25-11-8-17-37-25)27(32-28(36-31)23-9-6-5-7-10-23)18-26(21(30)2)22-12-14-24(35-3)15-13-22/h4-15,17,21,26,28H,1,16,18-20H2,2-3H3/t21-,26+,28-,30+,31+/m1/s1. The Morgan fingerprint density at radius 3 is 2.59 bits per heavy atom. The Labute approximate surface area is 222 Å². The van der Waals surface area contributed by atoms with E-state index in [1.54, 1.807) is 18.4 Å². The molecule has 2 aliphatic heterocycles. The number of thiophene rings is 1. The summed E-state index contributed by atoms with van der Waals surface area (Å²) >= 11 is 1.67. The zero-order chi connectivity index (χ0) is 25.6. The van der Waals surface area contributed by atoms with Gasteiger partial charge in [-0.25, -0.2) is 0 Å². The molecule has 0 unspecified atom stereocenters. The van der Waals surface area contributed by atoms with Gasteiger partial charge < -0.3 is 14.4 Å². The van der Waals surface area contributed by atoms with E-state index in [0.717, 1.165) is 28.3 Å². The average Bonchev–Trinajstić information content (AvgIpc) is 3.61. The van der Waals surface area contributed by atoms with Crippen LogP contribution in [-0.2, 0) is 16.1 Å². The second-order valence-electron chi connectivity index (χ2n) is 10.4. The Bertz CT molecular complexity index is 1320. The summed E-state index contributed by atoms with van der Waals surface area (Å²) in [5.74, 6) is 1.17. The van der Waals surface area contributed by atoms with Crippen molar-refractivity contribution < 1.29 is 14.3 Å². The molecule has 1 amide bonds. The molecule has 6 rings (SSSR count). The van der Waals surface area contributed by atoms with Crippen molar-refractivity contribution in [2.75, 3.05) is 7.11 Å². The van der Waals surface area contributed by atoms with Crippen molar-refractivity contribution in [3.8, 4) is 5.75 Å². The van der Waals surface area contributed by atoms with Crippen LogP contribution in [0.3, 0.4) is 0 Å². The highest BCUT2D eigenvalue weighted by molar-refractivity contribution is 7.09. The number of aliphatic imine (C=N–C) groups is 1. The highest BCUT2D eigenvalue weighted by Crippen LogP contribution is 2.61. The molecule has 2 bridgehead atoms. The number of amides is 1. The van der Waals surface area contributed by atoms with Crippen molar-refractivity contribution >= 4 is 23.0 Å². The number of fused-ring (bicyclic) bond motifs is 1. The molecule has 2 aromatic carbocycles. The minimum Gasteiger partial charge on any atom is -0.497 e. The lowest BCUT2D eigenvalue weighted by Crippen LogP contribution is -2.52. The zero-order valence-electron chi connectivity index (χ0n) is 21.3. The molecule has 1 aromatic heterocycles. The molecule has 3 aromatic rings. The maximum Gasteiger partial charge on any atom is 0.232 e. The van der Waals surface area contributed by atoms with Crippen molar-refractivity contribution in [1.29, 1.82) is 0 Å². The smallest absolute Gasteiger partial charge is 0.232 e. The molecule has 0 radical (unpaired) electrons. The predicted molar refractivity (Wildman–Crippen MR) is 147 cm³/mol. The van der Waals surface area contributed by atoms with Crippen LogP contribution in [-0.4, -0.2) is 29.4 Å². The van der Waals surface area contributed by atoms with E-state index in [1.807, 2.05) is 47.4 Å². The fourth-order valence-corrected chi connectivity index (χ4v) is 7.33. The second kappa shape index (κ2) is 9.26. The van der Waals surface area contributed by atoms with Gasteiger partial charge in [0.25, 0.3) is 0 Å². The number of methoxy groups -OCH3 is 1. The third-order valence-corrected chi connectivity index (χ3v) is 9.47. The Balaban J connectivity index is 1.50. The molecule has 1 saturated carbocycles. The van der Waals surface area contributed by atoms with Gasteiger partial charge in [0.05, 0.1) is 24.8 Å². The van der Waals surface area contributed by atoms with Crippen LogP contribution in [0.5, 0.6) is 5.75 Å². The summed E-state index contributed by atoms with van der Waals surface area (Å²) in [4.78, 5) is 22.9. The van der Waals surface area contributed by atoms with E-state index in [1.165, 1.54) is 5.56 Å². The number of benzene rings is 2. The van der Waals surface area contributed by atoms with E-state index in [2.05, 4.69) is 49.2 Å². The molecule has 3 heterocycles. The molecule has 1 aliphatic carbocycles. The monoisotopic (exact) mass is 512 g/mol. The molecule has 0 N–H and O–H groups in total. The number of nitrogens with zero attached hydrogens (tertiary/aromatic N) is 2. The van der Waals surface area contributed by atoms with E-state index in [9.17, 15) is 4.79 Å². The Hall–Kier alpha value is -3.22. The molecule has 5 nitrogen and oxygen atoms in total. The summed E-state index contributed by atoms with van der Waals surface area (Å²) in [5, 5.41) is 2.06. The zero-order valence-corrected chi connectivity index (χ0v) is 22.1. The van der Waals surface area contributed by atoms with Crippen LogP contribution < -0.4 is 4.74 Å². The van der Waals surface area contributed by atoms with Crippen LogP contribution in [0.15, 0.2) is 89.8 Å². The maximum absolute atomic E-state index is 14.6. The van der Waals surface area contributed by atoms with Gasteiger partial charge in [0.2, 0.25) is 5.91 Å². The molecular formula is C31H32N2O3S. The van der Waals surface area contributed by atoms with E-state index < -0.39 is 17.4 Å². The summed E-state index contributed by atoms with van der Waals surface area (Å²) in [6.45, 7) is 6.83. The van der Waals surface area contributed by atoms with Gasteiger partial charge in [-0.3, -0.25) is 9.79 Å². The molecule has 1 spiro atoms. The van der Waals surface area contributed by atoms with Gasteiger partial charge >= 0.3 is 0 Å². The van der Waals surface area contributed by atoms with Crippen molar-refractivity contribution in [1.82, 2.24) is 4.90 Å². The Kier molecular flexibility index (Phi) is 6.04. The van der Waals surface area contributed by atoms with Crippen LogP contribution in [0, 0.1) is 11.3 Å². The van der Waals surface area contributed by atoms with Gasteiger partial charge in [0.15, 0.2) is 12.0 Å². The Morgan fingerprint density at radius 1 is 1.14 bits per heavy atom. The molecule has 2 fully saturated rings. The minimum absolute atomic E-state index is 0.0729. The molecular weight excluding hydrogens is 480 g/mol. The minimum atomic E-state index is -0.861. The van der Waals surface area contributed by atoms with Gasteiger partial charge in [-0.15, -0.1) is 17.9 Å². The number of ether oxygens (including phenoxy) is 2. The van der Waals surface area contributed by atoms with Gasteiger partial charge in [-0.2, -0.15) is 0 Å². The van der Waals surface area contributed by atoms with Crippen LogP contribution in [0.25, 0.3) is 0 Å². The summed E-state index contributed by atoms with van der Waals surface area (Å²) in [6.07, 6.45) is 3.41. The lowest BCUT2D eigenvalue weighted by Gasteiger charge is -2.39. The Morgan fingerprint density at radius 2 is 1.92 bits per heavy atom. The van der Waals surface area contributed by atoms with Crippen molar-refractivity contribution in [3.05, 3.63) is 101 Å². The van der Waals surface area contributed by atoms with E-state index in [4.69, 9.17) is 14.5 Å². The van der Waals surface area contributed by atoms with Crippen LogP contribution in [0.4, 0.5) is 0 Å². The largest absolute Gasteiger partial charge is 0.497 e. The second-order valence-corrected chi connectivity index (χ2v) is 11.4. The molecule has 1 saturated heterocycles. The average molecular weight is 513 g/mol. The highest BCUT2D eigenvalue weighted by atomic mass is 32.1. The van der Waals surface area contributed by atoms with Crippen LogP contribution in [0.2, 0.25) is 0 Å². The van der Waals surface area contributed by atoms with E-state index in [0.29, 0.717) is 19.4 Å². The number of likely N-dealkylation sites (tertiary alicyclic amines) is 1. The topological polar surface area (TPSA) is 51.1 Å². The molecule has 190 valence electrons. The number of hydrogen-bond donors (Lipinski definition) is 0. The SMILES string of the molecule is C=CC[C@]12C[C@@]3(O[C@H](c4ccccc4)N=C3C[C@H](c3ccc(OC)cc3)[C@H]1C)N(Cc1cccs1)C2=O. The van der Waals surface area contributed by atoms with Crippen molar-refractivity contribution in [2.24, 2.45) is 16.3 Å². The van der Waals surface area contributed by atoms with Crippen LogP contribution in [0.1, 0.15) is 54.3 Å². The summed E-state index contributed by atoms with van der Waals surface area (Å²) in [5.41, 5.74) is 1.70. The maximum atomic E-state index is 14.6. The summed E-state index contributed by atoms with van der Waals surface area (Å²) in [7, 11) is 1.68. The van der Waals surface area contributed by atoms with E-state index >= 15 is 0 Å². The first kappa shape index (κ1) is 24.1.